The van der Waals surface area contributed by atoms with Gasteiger partial charge in [0.25, 0.3) is 0 Å². The van der Waals surface area contributed by atoms with Crippen molar-refractivity contribution in [3.63, 3.8) is 0 Å². The topological polar surface area (TPSA) is 69.2 Å². The fourth-order valence-electron chi connectivity index (χ4n) is 4.33. The molecule has 2 aliphatic rings. The molecule has 2 fully saturated rings. The van der Waals surface area contributed by atoms with Crippen molar-refractivity contribution in [2.75, 3.05) is 59.0 Å². The lowest BCUT2D eigenvalue weighted by Gasteiger charge is -2.33. The van der Waals surface area contributed by atoms with E-state index in [4.69, 9.17) is 9.73 Å². The molecule has 32 heavy (non-hydrogen) atoms. The molecule has 0 aromatic heterocycles. The van der Waals surface area contributed by atoms with Crippen LogP contribution in [0, 0.1) is 0 Å². The summed E-state index contributed by atoms with van der Waals surface area (Å²) in [4.78, 5) is 22.6. The summed E-state index contributed by atoms with van der Waals surface area (Å²) in [7, 11) is 0. The van der Waals surface area contributed by atoms with Crippen molar-refractivity contribution < 1.29 is 9.53 Å². The van der Waals surface area contributed by atoms with Gasteiger partial charge in [-0.1, -0.05) is 37.3 Å². The number of morpholine rings is 1. The smallest absolute Gasteiger partial charge is 0.232 e. The molecular formula is C24H40IN5O2. The van der Waals surface area contributed by atoms with Gasteiger partial charge >= 0.3 is 0 Å². The normalized spacial score (nSPS) is 19.2. The van der Waals surface area contributed by atoms with Crippen molar-refractivity contribution in [1.82, 2.24) is 20.4 Å². The standard InChI is InChI=1S/C24H39N5O2.HI/c1-3-12-28-13-10-21(11-14-28)27-24(25-4-2)26-19-22(20-8-6-5-7-9-20)23(30)29-15-17-31-18-16-29;/h5-9,21-22H,3-4,10-19H2,1-2H3,(H2,25,26,27);1H. The van der Waals surface area contributed by atoms with Crippen LogP contribution >= 0.6 is 24.0 Å². The Hall–Kier alpha value is -1.39. The third kappa shape index (κ3) is 8.19. The number of nitrogens with zero attached hydrogens (tertiary/aromatic N) is 3. The number of rotatable bonds is 8. The Kier molecular flexibility index (Phi) is 12.3. The van der Waals surface area contributed by atoms with Crippen molar-refractivity contribution >= 4 is 35.8 Å². The Balaban J connectivity index is 0.00000363. The van der Waals surface area contributed by atoms with Gasteiger partial charge in [0.15, 0.2) is 5.96 Å². The van der Waals surface area contributed by atoms with Gasteiger partial charge in [0.2, 0.25) is 5.91 Å². The highest BCUT2D eigenvalue weighted by atomic mass is 127. The molecule has 1 amide bonds. The number of hydrogen-bond acceptors (Lipinski definition) is 4. The number of halogens is 1. The van der Waals surface area contributed by atoms with E-state index in [2.05, 4.69) is 29.4 Å². The Morgan fingerprint density at radius 1 is 1.12 bits per heavy atom. The van der Waals surface area contributed by atoms with E-state index in [1.165, 1.54) is 13.0 Å². The summed E-state index contributed by atoms with van der Waals surface area (Å²) >= 11 is 0. The number of guanidine groups is 1. The molecule has 3 rings (SSSR count). The van der Waals surface area contributed by atoms with Crippen LogP contribution in [0.2, 0.25) is 0 Å². The van der Waals surface area contributed by atoms with Crippen LogP contribution in [0.25, 0.3) is 0 Å². The first-order valence-corrected chi connectivity index (χ1v) is 11.9. The number of benzene rings is 1. The van der Waals surface area contributed by atoms with Crippen LogP contribution in [0.3, 0.4) is 0 Å². The molecule has 2 N–H and O–H groups in total. The van der Waals surface area contributed by atoms with Crippen molar-refractivity contribution in [3.05, 3.63) is 35.9 Å². The predicted molar refractivity (Wildman–Crippen MR) is 141 cm³/mol. The molecule has 2 aliphatic heterocycles. The first-order chi connectivity index (χ1) is 15.2. The van der Waals surface area contributed by atoms with E-state index in [0.29, 0.717) is 38.9 Å². The SMILES string of the molecule is CCCN1CCC(NC(=NCC(C(=O)N2CCOCC2)c2ccccc2)NCC)CC1.I. The molecule has 0 saturated carbocycles. The quantitative estimate of drug-likeness (QED) is 0.293. The average Bonchev–Trinajstić information content (AvgIpc) is 2.82. The molecule has 0 radical (unpaired) electrons. The predicted octanol–water partition coefficient (Wildman–Crippen LogP) is 2.68. The third-order valence-corrected chi connectivity index (χ3v) is 6.07. The molecule has 1 aromatic rings. The van der Waals surface area contributed by atoms with Gasteiger partial charge in [-0.05, 0) is 38.3 Å². The second-order valence-electron chi connectivity index (χ2n) is 8.38. The molecule has 8 heteroatoms. The molecule has 7 nitrogen and oxygen atoms in total. The summed E-state index contributed by atoms with van der Waals surface area (Å²) in [6.45, 7) is 11.5. The van der Waals surface area contributed by atoms with Gasteiger partial charge in [-0.25, -0.2) is 0 Å². The zero-order valence-electron chi connectivity index (χ0n) is 19.6. The van der Waals surface area contributed by atoms with Crippen LogP contribution in [0.1, 0.15) is 44.6 Å². The van der Waals surface area contributed by atoms with Gasteiger partial charge in [0.05, 0.1) is 25.7 Å². The third-order valence-electron chi connectivity index (χ3n) is 6.07. The van der Waals surface area contributed by atoms with Gasteiger partial charge in [-0.2, -0.15) is 0 Å². The Morgan fingerprint density at radius 3 is 2.44 bits per heavy atom. The lowest BCUT2D eigenvalue weighted by atomic mass is 9.97. The number of likely N-dealkylation sites (tertiary alicyclic amines) is 1. The second kappa shape index (κ2) is 14.7. The van der Waals surface area contributed by atoms with E-state index >= 15 is 0 Å². The molecule has 0 spiro atoms. The molecule has 1 aromatic carbocycles. The zero-order valence-corrected chi connectivity index (χ0v) is 21.9. The lowest BCUT2D eigenvalue weighted by Crippen LogP contribution is -2.49. The Bertz CT molecular complexity index is 689. The zero-order chi connectivity index (χ0) is 21.9. The van der Waals surface area contributed by atoms with E-state index in [1.807, 2.05) is 35.2 Å². The van der Waals surface area contributed by atoms with E-state index in [0.717, 1.165) is 44.0 Å². The fraction of sp³-hybridized carbons (Fsp3) is 0.667. The van der Waals surface area contributed by atoms with Gasteiger partial charge in [0, 0.05) is 38.8 Å². The Morgan fingerprint density at radius 2 is 1.81 bits per heavy atom. The van der Waals surface area contributed by atoms with Crippen LogP contribution in [-0.2, 0) is 9.53 Å². The minimum absolute atomic E-state index is 0. The van der Waals surface area contributed by atoms with Gasteiger partial charge < -0.3 is 25.2 Å². The van der Waals surface area contributed by atoms with Crippen LogP contribution in [0.4, 0.5) is 0 Å². The highest BCUT2D eigenvalue weighted by molar-refractivity contribution is 14.0. The van der Waals surface area contributed by atoms with Gasteiger partial charge in [0.1, 0.15) is 0 Å². The number of aliphatic imine (C=N–C) groups is 1. The highest BCUT2D eigenvalue weighted by Gasteiger charge is 2.27. The summed E-state index contributed by atoms with van der Waals surface area (Å²) in [6, 6.07) is 10.5. The number of hydrogen-bond donors (Lipinski definition) is 2. The van der Waals surface area contributed by atoms with Crippen molar-refractivity contribution in [1.29, 1.82) is 0 Å². The largest absolute Gasteiger partial charge is 0.378 e. The van der Waals surface area contributed by atoms with Crippen LogP contribution in [0.5, 0.6) is 0 Å². The maximum Gasteiger partial charge on any atom is 0.232 e. The molecule has 1 unspecified atom stereocenters. The molecular weight excluding hydrogens is 517 g/mol. The summed E-state index contributed by atoms with van der Waals surface area (Å²) in [5.74, 6) is 0.676. The van der Waals surface area contributed by atoms with E-state index in [-0.39, 0.29) is 35.8 Å². The van der Waals surface area contributed by atoms with Crippen LogP contribution in [0.15, 0.2) is 35.3 Å². The lowest BCUT2D eigenvalue weighted by molar-refractivity contribution is -0.136. The summed E-state index contributed by atoms with van der Waals surface area (Å²) < 4.78 is 5.43. The number of nitrogens with one attached hydrogen (secondary N) is 2. The van der Waals surface area contributed by atoms with Gasteiger partial charge in [-0.15, -0.1) is 24.0 Å². The number of carbonyl (C=O) groups excluding carboxylic acids is 1. The average molecular weight is 558 g/mol. The highest BCUT2D eigenvalue weighted by Crippen LogP contribution is 2.20. The molecule has 2 saturated heterocycles. The number of amides is 1. The van der Waals surface area contributed by atoms with Crippen molar-refractivity contribution in [2.45, 2.75) is 45.1 Å². The van der Waals surface area contributed by atoms with Gasteiger partial charge in [-0.3, -0.25) is 9.79 Å². The number of piperidine rings is 1. The first kappa shape index (κ1) is 26.9. The maximum absolute atomic E-state index is 13.3. The van der Waals surface area contributed by atoms with E-state index in [1.54, 1.807) is 0 Å². The fourth-order valence-corrected chi connectivity index (χ4v) is 4.33. The molecule has 1 atom stereocenters. The second-order valence-corrected chi connectivity index (χ2v) is 8.38. The van der Waals surface area contributed by atoms with Crippen molar-refractivity contribution in [2.24, 2.45) is 4.99 Å². The summed E-state index contributed by atoms with van der Waals surface area (Å²) in [6.07, 6.45) is 3.46. The molecule has 0 aliphatic carbocycles. The monoisotopic (exact) mass is 557 g/mol. The Labute approximate surface area is 210 Å². The minimum atomic E-state index is -0.277. The number of ether oxygens (including phenoxy) is 1. The summed E-state index contributed by atoms with van der Waals surface area (Å²) in [5, 5.41) is 6.98. The van der Waals surface area contributed by atoms with Crippen molar-refractivity contribution in [3.8, 4) is 0 Å². The minimum Gasteiger partial charge on any atom is -0.378 e. The first-order valence-electron chi connectivity index (χ1n) is 11.9. The van der Waals surface area contributed by atoms with Crippen LogP contribution in [-0.4, -0.2) is 86.7 Å². The van der Waals surface area contributed by atoms with E-state index < -0.39 is 0 Å². The molecule has 0 bridgehead atoms. The maximum atomic E-state index is 13.3. The van der Waals surface area contributed by atoms with E-state index in [9.17, 15) is 4.79 Å². The number of carbonyl (C=O) groups is 1. The molecule has 2 heterocycles. The van der Waals surface area contributed by atoms with Crippen LogP contribution < -0.4 is 10.6 Å². The molecule has 180 valence electrons. The summed E-state index contributed by atoms with van der Waals surface area (Å²) in [5.41, 5.74) is 1.02.